The Balaban J connectivity index is 2.47. The van der Waals surface area contributed by atoms with Crippen molar-refractivity contribution in [2.24, 2.45) is 0 Å². The summed E-state index contributed by atoms with van der Waals surface area (Å²) >= 11 is 3.59. The van der Waals surface area contributed by atoms with Gasteiger partial charge in [-0.3, -0.25) is 4.79 Å². The number of fused-ring (bicyclic) bond motifs is 3. The van der Waals surface area contributed by atoms with Crippen molar-refractivity contribution in [2.45, 2.75) is 6.92 Å². The van der Waals surface area contributed by atoms with Crippen molar-refractivity contribution in [1.29, 1.82) is 0 Å². The third kappa shape index (κ3) is 1.73. The van der Waals surface area contributed by atoms with Gasteiger partial charge in [-0.1, -0.05) is 52.3 Å². The zero-order chi connectivity index (χ0) is 12.7. The topological polar surface area (TPSA) is 17.1 Å². The van der Waals surface area contributed by atoms with Crippen molar-refractivity contribution in [2.75, 3.05) is 0 Å². The molecule has 18 heavy (non-hydrogen) atoms. The van der Waals surface area contributed by atoms with E-state index in [-0.39, 0.29) is 5.78 Å². The minimum atomic E-state index is 0.0944. The van der Waals surface area contributed by atoms with Crippen LogP contribution in [0.15, 0.2) is 53.0 Å². The summed E-state index contributed by atoms with van der Waals surface area (Å²) in [4.78, 5) is 11.4. The van der Waals surface area contributed by atoms with Crippen molar-refractivity contribution in [1.82, 2.24) is 0 Å². The predicted octanol–water partition coefficient (Wildman–Crippen LogP) is 4.96. The maximum absolute atomic E-state index is 11.4. The second-order valence-electron chi connectivity index (χ2n) is 4.40. The van der Waals surface area contributed by atoms with Gasteiger partial charge in [0.05, 0.1) is 0 Å². The molecule has 3 aromatic carbocycles. The Morgan fingerprint density at radius 2 is 1.72 bits per heavy atom. The molecule has 0 aliphatic rings. The second kappa shape index (κ2) is 4.21. The van der Waals surface area contributed by atoms with Crippen LogP contribution in [0.3, 0.4) is 0 Å². The first-order valence-electron chi connectivity index (χ1n) is 5.79. The van der Waals surface area contributed by atoms with E-state index in [1.165, 1.54) is 16.2 Å². The highest BCUT2D eigenvalue weighted by Gasteiger charge is 2.07. The zero-order valence-corrected chi connectivity index (χ0v) is 11.5. The monoisotopic (exact) mass is 298 g/mol. The Morgan fingerprint density at radius 3 is 2.50 bits per heavy atom. The van der Waals surface area contributed by atoms with Gasteiger partial charge in [0.1, 0.15) is 0 Å². The van der Waals surface area contributed by atoms with Crippen LogP contribution in [0.1, 0.15) is 17.3 Å². The van der Waals surface area contributed by atoms with E-state index in [0.717, 1.165) is 15.4 Å². The van der Waals surface area contributed by atoms with Crippen LogP contribution in [0.5, 0.6) is 0 Å². The van der Waals surface area contributed by atoms with Gasteiger partial charge in [-0.15, -0.1) is 0 Å². The average molecular weight is 299 g/mol. The Labute approximate surface area is 114 Å². The highest BCUT2D eigenvalue weighted by atomic mass is 79.9. The first-order valence-corrected chi connectivity index (χ1v) is 6.58. The van der Waals surface area contributed by atoms with Crippen molar-refractivity contribution in [3.8, 4) is 0 Å². The second-order valence-corrected chi connectivity index (χ2v) is 5.25. The summed E-state index contributed by atoms with van der Waals surface area (Å²) < 4.78 is 1.03. The predicted molar refractivity (Wildman–Crippen MR) is 79.2 cm³/mol. The van der Waals surface area contributed by atoms with Crippen molar-refractivity contribution >= 4 is 43.3 Å². The van der Waals surface area contributed by atoms with Crippen LogP contribution in [0.4, 0.5) is 0 Å². The molecule has 0 aromatic heterocycles. The number of hydrogen-bond acceptors (Lipinski definition) is 1. The Kier molecular flexibility index (Phi) is 2.67. The molecule has 0 saturated carbocycles. The molecule has 3 aromatic rings. The quantitative estimate of drug-likeness (QED) is 0.458. The summed E-state index contributed by atoms with van der Waals surface area (Å²) in [5.41, 5.74) is 0.749. The molecule has 0 N–H and O–H groups in total. The summed E-state index contributed by atoms with van der Waals surface area (Å²) in [6.45, 7) is 1.59. The zero-order valence-electron chi connectivity index (χ0n) is 9.91. The molecule has 3 rings (SSSR count). The van der Waals surface area contributed by atoms with Gasteiger partial charge in [0, 0.05) is 10.0 Å². The number of carbonyl (C=O) groups excluding carboxylic acids is 1. The van der Waals surface area contributed by atoms with Gasteiger partial charge in [-0.2, -0.15) is 0 Å². The molecular formula is C16H11BrO. The molecule has 1 nitrogen and oxygen atoms in total. The molecule has 0 radical (unpaired) electrons. The van der Waals surface area contributed by atoms with E-state index in [4.69, 9.17) is 0 Å². The number of hydrogen-bond donors (Lipinski definition) is 0. The number of benzene rings is 3. The molecule has 0 bridgehead atoms. The standard InChI is InChI=1S/C16H11BrO/c1-10(18)11-6-7-14-13-5-3-2-4-12(13)9-16(17)15(14)8-11/h2-9H,1H3. The highest BCUT2D eigenvalue weighted by molar-refractivity contribution is 9.10. The van der Waals surface area contributed by atoms with Gasteiger partial charge >= 0.3 is 0 Å². The van der Waals surface area contributed by atoms with E-state index in [0.29, 0.717) is 0 Å². The summed E-state index contributed by atoms with van der Waals surface area (Å²) in [7, 11) is 0. The minimum absolute atomic E-state index is 0.0944. The summed E-state index contributed by atoms with van der Waals surface area (Å²) in [5, 5.41) is 4.67. The minimum Gasteiger partial charge on any atom is -0.295 e. The van der Waals surface area contributed by atoms with Gasteiger partial charge in [-0.25, -0.2) is 0 Å². The molecule has 0 fully saturated rings. The molecule has 88 valence electrons. The fourth-order valence-electron chi connectivity index (χ4n) is 2.28. The first kappa shape index (κ1) is 11.4. The fraction of sp³-hybridized carbons (Fsp3) is 0.0625. The maximum atomic E-state index is 11.4. The Bertz CT molecular complexity index is 774. The van der Waals surface area contributed by atoms with Crippen LogP contribution in [-0.2, 0) is 0 Å². The summed E-state index contributed by atoms with van der Waals surface area (Å²) in [6.07, 6.45) is 0. The van der Waals surface area contributed by atoms with Gasteiger partial charge in [0.15, 0.2) is 5.78 Å². The van der Waals surface area contributed by atoms with E-state index in [1.807, 2.05) is 30.3 Å². The number of halogens is 1. The fourth-order valence-corrected chi connectivity index (χ4v) is 2.85. The maximum Gasteiger partial charge on any atom is 0.159 e. The third-order valence-corrected chi connectivity index (χ3v) is 3.87. The van der Waals surface area contributed by atoms with E-state index < -0.39 is 0 Å². The lowest BCUT2D eigenvalue weighted by molar-refractivity contribution is 0.101. The first-order chi connectivity index (χ1) is 8.66. The summed E-state index contributed by atoms with van der Waals surface area (Å²) in [6, 6.07) is 16.2. The smallest absolute Gasteiger partial charge is 0.159 e. The van der Waals surface area contributed by atoms with Crippen molar-refractivity contribution in [3.63, 3.8) is 0 Å². The highest BCUT2D eigenvalue weighted by Crippen LogP contribution is 2.32. The van der Waals surface area contributed by atoms with E-state index in [9.17, 15) is 4.79 Å². The van der Waals surface area contributed by atoms with Gasteiger partial charge in [0.2, 0.25) is 0 Å². The Hall–Kier alpha value is -1.67. The number of rotatable bonds is 1. The van der Waals surface area contributed by atoms with Gasteiger partial charge in [0.25, 0.3) is 0 Å². The van der Waals surface area contributed by atoms with Crippen LogP contribution in [-0.4, -0.2) is 5.78 Å². The largest absolute Gasteiger partial charge is 0.295 e. The molecule has 0 unspecified atom stereocenters. The molecule has 0 aliphatic heterocycles. The molecule has 0 heterocycles. The molecule has 0 aliphatic carbocycles. The Morgan fingerprint density at radius 1 is 0.944 bits per heavy atom. The van der Waals surface area contributed by atoms with Crippen LogP contribution >= 0.6 is 15.9 Å². The summed E-state index contributed by atoms with van der Waals surface area (Å²) in [5.74, 6) is 0.0944. The number of carbonyl (C=O) groups is 1. The van der Waals surface area contributed by atoms with Crippen LogP contribution in [0.2, 0.25) is 0 Å². The van der Waals surface area contributed by atoms with Crippen LogP contribution < -0.4 is 0 Å². The molecule has 2 heteroatoms. The lowest BCUT2D eigenvalue weighted by Gasteiger charge is -2.07. The van der Waals surface area contributed by atoms with Gasteiger partial charge < -0.3 is 0 Å². The van der Waals surface area contributed by atoms with Crippen LogP contribution in [0, 0.1) is 0 Å². The number of Topliss-reactive ketones (excluding diaryl/α,β-unsaturated/α-hetero) is 1. The molecular weight excluding hydrogens is 288 g/mol. The van der Waals surface area contributed by atoms with E-state index in [1.54, 1.807) is 6.92 Å². The van der Waals surface area contributed by atoms with E-state index in [2.05, 4.69) is 34.1 Å². The van der Waals surface area contributed by atoms with Gasteiger partial charge in [-0.05, 0) is 40.6 Å². The molecule has 0 atom stereocenters. The van der Waals surface area contributed by atoms with Crippen molar-refractivity contribution in [3.05, 3.63) is 58.6 Å². The third-order valence-electron chi connectivity index (χ3n) is 3.22. The molecule has 0 saturated heterocycles. The number of ketones is 1. The van der Waals surface area contributed by atoms with Crippen LogP contribution in [0.25, 0.3) is 21.5 Å². The molecule has 0 amide bonds. The average Bonchev–Trinajstić information content (AvgIpc) is 2.38. The van der Waals surface area contributed by atoms with E-state index >= 15 is 0 Å². The van der Waals surface area contributed by atoms with Crippen molar-refractivity contribution < 1.29 is 4.79 Å². The lowest BCUT2D eigenvalue weighted by atomic mass is 9.99. The normalized spacial score (nSPS) is 11.0. The SMILES string of the molecule is CC(=O)c1ccc2c(c1)c(Br)cc1ccccc12. The molecule has 0 spiro atoms. The lowest BCUT2D eigenvalue weighted by Crippen LogP contribution is -1.91.